The molecule has 0 aliphatic heterocycles. The molecule has 0 aliphatic carbocycles. The summed E-state index contributed by atoms with van der Waals surface area (Å²) in [5, 5.41) is 0. The zero-order valence-corrected chi connectivity index (χ0v) is 25.1. The van der Waals surface area contributed by atoms with Crippen LogP contribution in [-0.2, 0) is 35.1 Å². The molecule has 0 bridgehead atoms. The van der Waals surface area contributed by atoms with Crippen molar-refractivity contribution in [2.45, 2.75) is 107 Å². The second kappa shape index (κ2) is 15.0. The third-order valence-electron chi connectivity index (χ3n) is 5.57. The Balaban J connectivity index is 2.89. The van der Waals surface area contributed by atoms with Gasteiger partial charge < -0.3 is 24.7 Å². The summed E-state index contributed by atoms with van der Waals surface area (Å²) in [7, 11) is 0. The first-order valence-corrected chi connectivity index (χ1v) is 13.5. The first-order chi connectivity index (χ1) is 17.9. The van der Waals surface area contributed by atoms with E-state index in [-0.39, 0.29) is 60.1 Å². The van der Waals surface area contributed by atoms with Gasteiger partial charge in [-0.2, -0.15) is 0 Å². The van der Waals surface area contributed by atoms with E-state index in [0.717, 1.165) is 6.42 Å². The van der Waals surface area contributed by atoms with Gasteiger partial charge in [0.1, 0.15) is 18.8 Å². The molecule has 39 heavy (non-hydrogen) atoms. The fourth-order valence-corrected chi connectivity index (χ4v) is 3.41. The molecule has 2 N–H and O–H groups in total. The first-order valence-electron chi connectivity index (χ1n) is 13.5. The Bertz CT molecular complexity index is 990. The van der Waals surface area contributed by atoms with Crippen molar-refractivity contribution in [3.8, 4) is 11.5 Å². The zero-order valence-electron chi connectivity index (χ0n) is 25.1. The quantitative estimate of drug-likeness (QED) is 0.262. The van der Waals surface area contributed by atoms with Crippen LogP contribution >= 0.6 is 0 Å². The predicted octanol–water partition coefficient (Wildman–Crippen LogP) is 5.15. The number of hydrogen-bond donors (Lipinski definition) is 1. The SMILES string of the molecule is CCC(C)CC(=O)O[C@@H](C)COC(=O)[C@@H](N)Cc1ccc(OC(=O)CC(C)(C)C)c(OC(=O)CC(C)(C)C)c1. The lowest BCUT2D eigenvalue weighted by Crippen LogP contribution is -2.36. The van der Waals surface area contributed by atoms with E-state index in [0.29, 0.717) is 12.0 Å². The number of benzene rings is 1. The lowest BCUT2D eigenvalue weighted by molar-refractivity contribution is -0.159. The molecule has 1 aromatic rings. The van der Waals surface area contributed by atoms with Crippen LogP contribution in [0, 0.1) is 16.7 Å². The highest BCUT2D eigenvalue weighted by molar-refractivity contribution is 5.78. The summed E-state index contributed by atoms with van der Waals surface area (Å²) in [5.41, 5.74) is 6.07. The van der Waals surface area contributed by atoms with Crippen LogP contribution < -0.4 is 15.2 Å². The Hall–Kier alpha value is -2.94. The average molecular weight is 550 g/mol. The summed E-state index contributed by atoms with van der Waals surface area (Å²) in [6.07, 6.45) is 0.976. The van der Waals surface area contributed by atoms with Gasteiger partial charge in [-0.25, -0.2) is 0 Å². The Morgan fingerprint density at radius 2 is 1.38 bits per heavy atom. The molecule has 0 saturated heterocycles. The van der Waals surface area contributed by atoms with Gasteiger partial charge in [-0.1, -0.05) is 67.9 Å². The monoisotopic (exact) mass is 549 g/mol. The molecular weight excluding hydrogens is 502 g/mol. The second-order valence-corrected chi connectivity index (χ2v) is 12.7. The molecule has 0 aliphatic rings. The maximum Gasteiger partial charge on any atom is 0.323 e. The van der Waals surface area contributed by atoms with Crippen molar-refractivity contribution in [1.82, 2.24) is 0 Å². The third-order valence-corrected chi connectivity index (χ3v) is 5.57. The number of esters is 4. The molecule has 1 unspecified atom stereocenters. The van der Waals surface area contributed by atoms with Gasteiger partial charge in [0, 0.05) is 6.42 Å². The van der Waals surface area contributed by atoms with Crippen LogP contribution in [0.1, 0.15) is 93.6 Å². The maximum atomic E-state index is 12.5. The molecule has 1 aromatic carbocycles. The van der Waals surface area contributed by atoms with Crippen molar-refractivity contribution in [1.29, 1.82) is 0 Å². The van der Waals surface area contributed by atoms with Crippen LogP contribution in [0.2, 0.25) is 0 Å². The molecule has 0 radical (unpaired) electrons. The van der Waals surface area contributed by atoms with Crippen LogP contribution in [0.15, 0.2) is 18.2 Å². The van der Waals surface area contributed by atoms with Crippen LogP contribution in [0.3, 0.4) is 0 Å². The summed E-state index contributed by atoms with van der Waals surface area (Å²) in [6, 6.07) is 3.69. The van der Waals surface area contributed by atoms with E-state index in [1.165, 1.54) is 12.1 Å². The summed E-state index contributed by atoms with van der Waals surface area (Å²) < 4.78 is 21.6. The average Bonchev–Trinajstić information content (AvgIpc) is 2.76. The smallest absolute Gasteiger partial charge is 0.323 e. The fourth-order valence-electron chi connectivity index (χ4n) is 3.41. The van der Waals surface area contributed by atoms with E-state index >= 15 is 0 Å². The molecule has 0 saturated carbocycles. The molecule has 0 aromatic heterocycles. The molecule has 3 atom stereocenters. The normalized spacial score (nSPS) is 14.1. The maximum absolute atomic E-state index is 12.5. The van der Waals surface area contributed by atoms with Gasteiger partial charge in [0.05, 0.1) is 12.8 Å². The minimum atomic E-state index is -1.01. The summed E-state index contributed by atoms with van der Waals surface area (Å²) in [5.74, 6) is -1.53. The molecule has 9 heteroatoms. The van der Waals surface area contributed by atoms with E-state index < -0.39 is 30.1 Å². The van der Waals surface area contributed by atoms with Crippen molar-refractivity contribution in [3.63, 3.8) is 0 Å². The fraction of sp³-hybridized carbons (Fsp3) is 0.667. The van der Waals surface area contributed by atoms with Crippen molar-refractivity contribution < 1.29 is 38.1 Å². The molecule has 220 valence electrons. The van der Waals surface area contributed by atoms with Crippen LogP contribution in [0.4, 0.5) is 0 Å². The number of carbonyl (C=O) groups excluding carboxylic acids is 4. The van der Waals surface area contributed by atoms with Gasteiger partial charge >= 0.3 is 23.9 Å². The molecule has 0 spiro atoms. The Labute approximate surface area is 233 Å². The number of carbonyl (C=O) groups is 4. The van der Waals surface area contributed by atoms with E-state index in [4.69, 9.17) is 24.7 Å². The summed E-state index contributed by atoms with van der Waals surface area (Å²) in [4.78, 5) is 49.4. The lowest BCUT2D eigenvalue weighted by atomic mass is 9.92. The predicted molar refractivity (Wildman–Crippen MR) is 148 cm³/mol. The first kappa shape index (κ1) is 34.1. The van der Waals surface area contributed by atoms with Crippen molar-refractivity contribution in [2.75, 3.05) is 6.61 Å². The summed E-state index contributed by atoms with van der Waals surface area (Å²) in [6.45, 7) is 17.0. The molecular formula is C30H47NO8. The molecule has 9 nitrogen and oxygen atoms in total. The second-order valence-electron chi connectivity index (χ2n) is 12.7. The highest BCUT2D eigenvalue weighted by Crippen LogP contribution is 2.32. The Morgan fingerprint density at radius 3 is 1.90 bits per heavy atom. The van der Waals surface area contributed by atoms with E-state index in [1.807, 2.05) is 55.4 Å². The minimum Gasteiger partial charge on any atom is -0.461 e. The molecule has 0 fully saturated rings. The van der Waals surface area contributed by atoms with Crippen LogP contribution in [0.5, 0.6) is 11.5 Å². The van der Waals surface area contributed by atoms with Gasteiger partial charge in [-0.15, -0.1) is 0 Å². The number of rotatable bonds is 13. The number of nitrogens with two attached hydrogens (primary N) is 1. The molecule has 1 rings (SSSR count). The van der Waals surface area contributed by atoms with Crippen molar-refractivity contribution in [3.05, 3.63) is 23.8 Å². The highest BCUT2D eigenvalue weighted by atomic mass is 16.6. The van der Waals surface area contributed by atoms with Gasteiger partial charge in [-0.05, 0) is 47.8 Å². The van der Waals surface area contributed by atoms with Crippen molar-refractivity contribution >= 4 is 23.9 Å². The van der Waals surface area contributed by atoms with Crippen molar-refractivity contribution in [2.24, 2.45) is 22.5 Å². The van der Waals surface area contributed by atoms with E-state index in [9.17, 15) is 19.2 Å². The zero-order chi connectivity index (χ0) is 30.0. The van der Waals surface area contributed by atoms with Gasteiger partial charge in [0.25, 0.3) is 0 Å². The number of ether oxygens (including phenoxy) is 4. The largest absolute Gasteiger partial charge is 0.461 e. The van der Waals surface area contributed by atoms with Crippen LogP contribution in [0.25, 0.3) is 0 Å². The lowest BCUT2D eigenvalue weighted by Gasteiger charge is -2.20. The third kappa shape index (κ3) is 14.7. The van der Waals surface area contributed by atoms with E-state index in [1.54, 1.807) is 13.0 Å². The highest BCUT2D eigenvalue weighted by Gasteiger charge is 2.24. The minimum absolute atomic E-state index is 0.0754. The van der Waals surface area contributed by atoms with E-state index in [2.05, 4.69) is 0 Å². The van der Waals surface area contributed by atoms with Gasteiger partial charge in [0.2, 0.25) is 0 Å². The van der Waals surface area contributed by atoms with Gasteiger partial charge in [-0.3, -0.25) is 19.2 Å². The summed E-state index contributed by atoms with van der Waals surface area (Å²) >= 11 is 0. The Kier molecular flexibility index (Phi) is 13.1. The number of hydrogen-bond acceptors (Lipinski definition) is 9. The molecule has 0 heterocycles. The standard InChI is InChI=1S/C30H47NO8/c1-10-19(2)13-25(32)37-20(3)18-36-28(35)22(31)14-21-11-12-23(38-26(33)16-29(4,5)6)24(15-21)39-27(34)17-30(7,8)9/h11-12,15,19-20,22H,10,13-14,16-18,31H2,1-9H3/t19?,20-,22-/m0/s1. The molecule has 0 amide bonds. The van der Waals surface area contributed by atoms with Gasteiger partial charge in [0.15, 0.2) is 11.5 Å². The Morgan fingerprint density at radius 1 is 0.846 bits per heavy atom. The van der Waals surface area contributed by atoms with Crippen LogP contribution in [-0.4, -0.2) is 42.6 Å². The topological polar surface area (TPSA) is 131 Å².